The van der Waals surface area contributed by atoms with E-state index in [1.165, 1.54) is 0 Å². The SMILES string of the molecule is CC(C)(C)c1cc(-c2nnc(N)[nH]2)on1. The molecule has 0 saturated carbocycles. The summed E-state index contributed by atoms with van der Waals surface area (Å²) in [7, 11) is 0. The van der Waals surface area contributed by atoms with Gasteiger partial charge in [0.15, 0.2) is 0 Å². The average molecular weight is 207 g/mol. The highest BCUT2D eigenvalue weighted by atomic mass is 16.5. The number of hydrogen-bond donors (Lipinski definition) is 2. The van der Waals surface area contributed by atoms with Crippen molar-refractivity contribution < 1.29 is 4.52 Å². The molecule has 2 aromatic rings. The molecule has 2 aromatic heterocycles. The van der Waals surface area contributed by atoms with E-state index < -0.39 is 0 Å². The van der Waals surface area contributed by atoms with Gasteiger partial charge in [0.05, 0.1) is 5.69 Å². The molecule has 0 atom stereocenters. The van der Waals surface area contributed by atoms with Crippen molar-refractivity contribution in [3.63, 3.8) is 0 Å². The second-order valence-electron chi connectivity index (χ2n) is 4.39. The minimum Gasteiger partial charge on any atom is -0.368 e. The van der Waals surface area contributed by atoms with Crippen LogP contribution in [0.1, 0.15) is 26.5 Å². The number of nitrogen functional groups attached to an aromatic ring is 1. The summed E-state index contributed by atoms with van der Waals surface area (Å²) in [5, 5.41) is 11.4. The third-order valence-electron chi connectivity index (χ3n) is 2.02. The quantitative estimate of drug-likeness (QED) is 0.735. The largest absolute Gasteiger partial charge is 0.368 e. The van der Waals surface area contributed by atoms with Gasteiger partial charge < -0.3 is 15.2 Å². The van der Waals surface area contributed by atoms with Gasteiger partial charge in [-0.15, -0.1) is 10.2 Å². The number of nitrogens with two attached hydrogens (primary N) is 1. The van der Waals surface area contributed by atoms with Crippen molar-refractivity contribution in [2.24, 2.45) is 0 Å². The van der Waals surface area contributed by atoms with E-state index in [-0.39, 0.29) is 11.4 Å². The smallest absolute Gasteiger partial charge is 0.219 e. The molecule has 0 radical (unpaired) electrons. The van der Waals surface area contributed by atoms with Gasteiger partial charge in [-0.2, -0.15) is 0 Å². The van der Waals surface area contributed by atoms with Gasteiger partial charge in [-0.1, -0.05) is 25.9 Å². The van der Waals surface area contributed by atoms with Gasteiger partial charge in [-0.25, -0.2) is 0 Å². The van der Waals surface area contributed by atoms with Gasteiger partial charge in [0, 0.05) is 11.5 Å². The molecular weight excluding hydrogens is 194 g/mol. The molecule has 0 amide bonds. The fourth-order valence-electron chi connectivity index (χ4n) is 1.13. The summed E-state index contributed by atoms with van der Waals surface area (Å²) in [5.41, 5.74) is 6.24. The maximum Gasteiger partial charge on any atom is 0.219 e. The van der Waals surface area contributed by atoms with Gasteiger partial charge in [0.2, 0.25) is 17.5 Å². The number of aromatic amines is 1. The molecule has 0 spiro atoms. The minimum absolute atomic E-state index is 0.0483. The molecule has 0 unspecified atom stereocenters. The Morgan fingerprint density at radius 3 is 2.53 bits per heavy atom. The Morgan fingerprint density at radius 1 is 1.33 bits per heavy atom. The monoisotopic (exact) mass is 207 g/mol. The van der Waals surface area contributed by atoms with E-state index in [4.69, 9.17) is 10.3 Å². The second-order valence-corrected chi connectivity index (χ2v) is 4.39. The van der Waals surface area contributed by atoms with Gasteiger partial charge in [0.25, 0.3) is 0 Å². The lowest BCUT2D eigenvalue weighted by molar-refractivity contribution is 0.400. The number of rotatable bonds is 1. The molecule has 0 saturated heterocycles. The first-order valence-electron chi connectivity index (χ1n) is 4.62. The summed E-state index contributed by atoms with van der Waals surface area (Å²) in [6.45, 7) is 6.18. The predicted octanol–water partition coefficient (Wildman–Crippen LogP) is 1.34. The van der Waals surface area contributed by atoms with E-state index in [0.29, 0.717) is 11.6 Å². The lowest BCUT2D eigenvalue weighted by Gasteiger charge is -2.12. The van der Waals surface area contributed by atoms with Crippen LogP contribution in [0.15, 0.2) is 10.6 Å². The minimum atomic E-state index is -0.0483. The van der Waals surface area contributed by atoms with Crippen molar-refractivity contribution in [2.75, 3.05) is 5.73 Å². The molecule has 15 heavy (non-hydrogen) atoms. The van der Waals surface area contributed by atoms with E-state index in [2.05, 4.69) is 41.1 Å². The molecule has 0 aliphatic heterocycles. The predicted molar refractivity (Wildman–Crippen MR) is 55.0 cm³/mol. The normalized spacial score (nSPS) is 11.9. The highest BCUT2D eigenvalue weighted by Crippen LogP contribution is 2.25. The average Bonchev–Trinajstić information content (AvgIpc) is 2.69. The van der Waals surface area contributed by atoms with Crippen LogP contribution < -0.4 is 5.73 Å². The maximum absolute atomic E-state index is 5.42. The number of anilines is 1. The van der Waals surface area contributed by atoms with E-state index in [9.17, 15) is 0 Å². The standard InChI is InChI=1S/C9H13N5O/c1-9(2,3)6-4-5(15-14-6)7-11-8(10)13-12-7/h4H,1-3H3,(H3,10,11,12,13). The molecule has 2 heterocycles. The topological polar surface area (TPSA) is 93.6 Å². The first-order chi connectivity index (χ1) is 6.97. The molecular formula is C9H13N5O. The summed E-state index contributed by atoms with van der Waals surface area (Å²) in [6.07, 6.45) is 0. The van der Waals surface area contributed by atoms with Crippen LogP contribution in [-0.4, -0.2) is 20.3 Å². The Labute approximate surface area is 86.9 Å². The summed E-state index contributed by atoms with van der Waals surface area (Å²) in [5.74, 6) is 1.30. The Balaban J connectivity index is 2.36. The number of hydrogen-bond acceptors (Lipinski definition) is 5. The van der Waals surface area contributed by atoms with Crippen LogP contribution in [0.5, 0.6) is 0 Å². The summed E-state index contributed by atoms with van der Waals surface area (Å²) < 4.78 is 5.15. The van der Waals surface area contributed by atoms with Gasteiger partial charge in [-0.05, 0) is 0 Å². The Morgan fingerprint density at radius 2 is 2.07 bits per heavy atom. The zero-order valence-electron chi connectivity index (χ0n) is 8.90. The number of H-pyrrole nitrogens is 1. The molecule has 0 fully saturated rings. The highest BCUT2D eigenvalue weighted by molar-refractivity contribution is 5.48. The van der Waals surface area contributed by atoms with Crippen LogP contribution in [0.4, 0.5) is 5.95 Å². The van der Waals surface area contributed by atoms with Crippen molar-refractivity contribution in [3.8, 4) is 11.6 Å². The zero-order chi connectivity index (χ0) is 11.1. The van der Waals surface area contributed by atoms with E-state index >= 15 is 0 Å². The molecule has 0 aliphatic carbocycles. The fraction of sp³-hybridized carbons (Fsp3) is 0.444. The molecule has 2 rings (SSSR count). The van der Waals surface area contributed by atoms with Crippen molar-refractivity contribution in [1.82, 2.24) is 20.3 Å². The van der Waals surface area contributed by atoms with Crippen LogP contribution in [-0.2, 0) is 5.41 Å². The summed E-state index contributed by atoms with van der Waals surface area (Å²) >= 11 is 0. The first-order valence-corrected chi connectivity index (χ1v) is 4.62. The second kappa shape index (κ2) is 3.08. The number of nitrogens with one attached hydrogen (secondary N) is 1. The van der Waals surface area contributed by atoms with Crippen molar-refractivity contribution in [1.29, 1.82) is 0 Å². The highest BCUT2D eigenvalue weighted by Gasteiger charge is 2.20. The van der Waals surface area contributed by atoms with Crippen LogP contribution in [0.3, 0.4) is 0 Å². The zero-order valence-corrected chi connectivity index (χ0v) is 8.90. The van der Waals surface area contributed by atoms with Gasteiger partial charge in [-0.3, -0.25) is 0 Å². The van der Waals surface area contributed by atoms with E-state index in [1.54, 1.807) is 0 Å². The lowest BCUT2D eigenvalue weighted by atomic mass is 9.92. The lowest BCUT2D eigenvalue weighted by Crippen LogP contribution is -2.10. The third-order valence-corrected chi connectivity index (χ3v) is 2.02. The van der Waals surface area contributed by atoms with Gasteiger partial charge >= 0.3 is 0 Å². The van der Waals surface area contributed by atoms with Crippen molar-refractivity contribution >= 4 is 5.95 Å². The Bertz CT molecular complexity index is 465. The van der Waals surface area contributed by atoms with E-state index in [1.807, 2.05) is 6.07 Å². The summed E-state index contributed by atoms with van der Waals surface area (Å²) in [6, 6.07) is 1.83. The Hall–Kier alpha value is -1.85. The molecule has 0 bridgehead atoms. The maximum atomic E-state index is 5.42. The molecule has 0 aromatic carbocycles. The number of nitrogens with zero attached hydrogens (tertiary/aromatic N) is 3. The Kier molecular flexibility index (Phi) is 1.99. The van der Waals surface area contributed by atoms with Crippen molar-refractivity contribution in [3.05, 3.63) is 11.8 Å². The molecule has 80 valence electrons. The molecule has 0 aliphatic rings. The third kappa shape index (κ3) is 1.83. The van der Waals surface area contributed by atoms with Crippen LogP contribution >= 0.6 is 0 Å². The molecule has 6 nitrogen and oxygen atoms in total. The van der Waals surface area contributed by atoms with Crippen LogP contribution in [0.2, 0.25) is 0 Å². The number of aromatic nitrogens is 4. The van der Waals surface area contributed by atoms with Crippen molar-refractivity contribution in [2.45, 2.75) is 26.2 Å². The van der Waals surface area contributed by atoms with E-state index in [0.717, 1.165) is 5.69 Å². The summed E-state index contributed by atoms with van der Waals surface area (Å²) in [4.78, 5) is 2.78. The van der Waals surface area contributed by atoms with Crippen LogP contribution in [0, 0.1) is 0 Å². The first kappa shape index (κ1) is 9.70. The molecule has 3 N–H and O–H groups in total. The fourth-order valence-corrected chi connectivity index (χ4v) is 1.13. The van der Waals surface area contributed by atoms with Gasteiger partial charge in [0.1, 0.15) is 0 Å². The van der Waals surface area contributed by atoms with Crippen LogP contribution in [0.25, 0.3) is 11.6 Å². The molecule has 6 heteroatoms.